The first-order valence-corrected chi connectivity index (χ1v) is 6.17. The average molecular weight is 262 g/mol. The minimum absolute atomic E-state index is 0.266. The predicted octanol–water partition coefficient (Wildman–Crippen LogP) is 4.29. The van der Waals surface area contributed by atoms with Crippen molar-refractivity contribution < 1.29 is 4.74 Å². The number of halogens is 2. The van der Waals surface area contributed by atoms with E-state index in [1.807, 2.05) is 0 Å². The molecule has 1 rings (SSSR count). The van der Waals surface area contributed by atoms with Crippen LogP contribution in [0.15, 0.2) is 12.3 Å². The molecule has 90 valence electrons. The quantitative estimate of drug-likeness (QED) is 0.755. The van der Waals surface area contributed by atoms with Crippen molar-refractivity contribution in [3.8, 4) is 5.88 Å². The Kier molecular flexibility index (Phi) is 4.88. The van der Waals surface area contributed by atoms with Gasteiger partial charge in [-0.15, -0.1) is 11.6 Å². The zero-order valence-electron chi connectivity index (χ0n) is 9.89. The fraction of sp³-hybridized carbons (Fsp3) is 0.583. The zero-order chi connectivity index (χ0) is 12.2. The van der Waals surface area contributed by atoms with Crippen LogP contribution in [0, 0.1) is 5.41 Å². The predicted molar refractivity (Wildman–Crippen MR) is 68.4 cm³/mol. The molecule has 4 heteroatoms. The minimum atomic E-state index is 0.266. The van der Waals surface area contributed by atoms with E-state index >= 15 is 0 Å². The fourth-order valence-corrected chi connectivity index (χ4v) is 1.56. The summed E-state index contributed by atoms with van der Waals surface area (Å²) in [6.45, 7) is 7.18. The van der Waals surface area contributed by atoms with Gasteiger partial charge in [-0.1, -0.05) is 32.4 Å². The van der Waals surface area contributed by atoms with Crippen LogP contribution in [0.5, 0.6) is 5.88 Å². The van der Waals surface area contributed by atoms with Gasteiger partial charge in [0, 0.05) is 18.1 Å². The molecule has 2 nitrogen and oxygen atoms in total. The number of ether oxygens (including phenoxy) is 1. The standard InChI is InChI=1S/C12H17Cl2NO/c1-12(2,3)4-5-16-11-6-9(7-13)10(14)8-15-11/h6,8H,4-5,7H2,1-3H3. The third kappa shape index (κ3) is 4.58. The summed E-state index contributed by atoms with van der Waals surface area (Å²) in [4.78, 5) is 4.09. The SMILES string of the molecule is CC(C)(C)CCOc1cc(CCl)c(Cl)cn1. The molecule has 0 aliphatic rings. The second-order valence-corrected chi connectivity index (χ2v) is 5.58. The summed E-state index contributed by atoms with van der Waals surface area (Å²) in [6.07, 6.45) is 2.55. The molecule has 0 aliphatic carbocycles. The molecular weight excluding hydrogens is 245 g/mol. The maximum atomic E-state index is 5.90. The molecule has 0 atom stereocenters. The molecule has 0 aromatic carbocycles. The van der Waals surface area contributed by atoms with Crippen molar-refractivity contribution in [3.63, 3.8) is 0 Å². The van der Waals surface area contributed by atoms with E-state index in [-0.39, 0.29) is 5.41 Å². The van der Waals surface area contributed by atoms with Gasteiger partial charge in [-0.05, 0) is 17.4 Å². The van der Waals surface area contributed by atoms with Crippen molar-refractivity contribution in [2.24, 2.45) is 5.41 Å². The molecule has 16 heavy (non-hydrogen) atoms. The number of hydrogen-bond acceptors (Lipinski definition) is 2. The summed E-state index contributed by atoms with van der Waals surface area (Å²) in [5, 5.41) is 0.582. The van der Waals surface area contributed by atoms with Crippen LogP contribution in [0.2, 0.25) is 5.02 Å². The smallest absolute Gasteiger partial charge is 0.213 e. The zero-order valence-corrected chi connectivity index (χ0v) is 11.4. The maximum Gasteiger partial charge on any atom is 0.213 e. The Morgan fingerprint density at radius 3 is 2.62 bits per heavy atom. The number of aromatic nitrogens is 1. The highest BCUT2D eigenvalue weighted by atomic mass is 35.5. The van der Waals surface area contributed by atoms with E-state index in [4.69, 9.17) is 27.9 Å². The van der Waals surface area contributed by atoms with Gasteiger partial charge < -0.3 is 4.74 Å². The van der Waals surface area contributed by atoms with Crippen molar-refractivity contribution in [2.75, 3.05) is 6.61 Å². The highest BCUT2D eigenvalue weighted by molar-refractivity contribution is 6.32. The molecule has 0 bridgehead atoms. The van der Waals surface area contributed by atoms with Crippen LogP contribution in [0.3, 0.4) is 0 Å². The molecule has 1 aromatic rings. The van der Waals surface area contributed by atoms with Crippen molar-refractivity contribution in [1.29, 1.82) is 0 Å². The van der Waals surface area contributed by atoms with Crippen LogP contribution in [0.4, 0.5) is 0 Å². The second kappa shape index (κ2) is 5.74. The monoisotopic (exact) mass is 261 g/mol. The second-order valence-electron chi connectivity index (χ2n) is 4.91. The molecule has 1 aromatic heterocycles. The summed E-state index contributed by atoms with van der Waals surface area (Å²) in [5.74, 6) is 0.959. The first-order valence-electron chi connectivity index (χ1n) is 5.25. The molecule has 0 amide bonds. The number of rotatable bonds is 4. The van der Waals surface area contributed by atoms with Crippen molar-refractivity contribution >= 4 is 23.2 Å². The summed E-state index contributed by atoms with van der Waals surface area (Å²) in [7, 11) is 0. The van der Waals surface area contributed by atoms with Gasteiger partial charge in [0.15, 0.2) is 0 Å². The highest BCUT2D eigenvalue weighted by Crippen LogP contribution is 2.22. The van der Waals surface area contributed by atoms with Crippen molar-refractivity contribution in [1.82, 2.24) is 4.98 Å². The fourth-order valence-electron chi connectivity index (χ4n) is 1.10. The molecule has 0 unspecified atom stereocenters. The lowest BCUT2D eigenvalue weighted by molar-refractivity contribution is 0.236. The number of alkyl halides is 1. The summed E-state index contributed by atoms with van der Waals surface area (Å²) >= 11 is 11.6. The van der Waals surface area contributed by atoms with Crippen LogP contribution < -0.4 is 4.74 Å². The van der Waals surface area contributed by atoms with Crippen molar-refractivity contribution in [2.45, 2.75) is 33.1 Å². The normalized spacial score (nSPS) is 11.6. The maximum absolute atomic E-state index is 5.90. The van der Waals surface area contributed by atoms with Gasteiger partial charge in [-0.3, -0.25) is 0 Å². The average Bonchev–Trinajstić information content (AvgIpc) is 2.18. The first-order chi connectivity index (χ1) is 7.42. The van der Waals surface area contributed by atoms with E-state index in [1.54, 1.807) is 12.3 Å². The molecular formula is C12H17Cl2NO. The molecule has 0 radical (unpaired) electrons. The van der Waals surface area contributed by atoms with Crippen LogP contribution in [-0.4, -0.2) is 11.6 Å². The van der Waals surface area contributed by atoms with E-state index in [9.17, 15) is 0 Å². The lowest BCUT2D eigenvalue weighted by Crippen LogP contribution is -2.11. The Hall–Kier alpha value is -0.470. The van der Waals surface area contributed by atoms with E-state index in [0.29, 0.717) is 23.4 Å². The lowest BCUT2D eigenvalue weighted by atomic mass is 9.93. The third-order valence-electron chi connectivity index (χ3n) is 2.16. The van der Waals surface area contributed by atoms with Gasteiger partial charge >= 0.3 is 0 Å². The van der Waals surface area contributed by atoms with Gasteiger partial charge in [0.05, 0.1) is 11.6 Å². The Bertz CT molecular complexity index is 347. The van der Waals surface area contributed by atoms with Crippen LogP contribution >= 0.6 is 23.2 Å². The van der Waals surface area contributed by atoms with Crippen LogP contribution in [-0.2, 0) is 5.88 Å². The largest absolute Gasteiger partial charge is 0.478 e. The van der Waals surface area contributed by atoms with E-state index in [1.165, 1.54) is 0 Å². The number of pyridine rings is 1. The summed E-state index contributed by atoms with van der Waals surface area (Å²) in [5.41, 5.74) is 1.12. The van der Waals surface area contributed by atoms with Gasteiger partial charge in [-0.2, -0.15) is 0 Å². The van der Waals surface area contributed by atoms with Gasteiger partial charge in [0.2, 0.25) is 5.88 Å². The molecule has 1 heterocycles. The van der Waals surface area contributed by atoms with E-state index in [2.05, 4.69) is 25.8 Å². The first kappa shape index (κ1) is 13.6. The lowest BCUT2D eigenvalue weighted by Gasteiger charge is -2.17. The molecule has 0 saturated carbocycles. The topological polar surface area (TPSA) is 22.1 Å². The van der Waals surface area contributed by atoms with E-state index < -0.39 is 0 Å². The van der Waals surface area contributed by atoms with Gasteiger partial charge in [-0.25, -0.2) is 4.98 Å². The Morgan fingerprint density at radius 2 is 2.06 bits per heavy atom. The number of nitrogens with zero attached hydrogens (tertiary/aromatic N) is 1. The van der Waals surface area contributed by atoms with Crippen LogP contribution in [0.25, 0.3) is 0 Å². The molecule has 0 fully saturated rings. The number of hydrogen-bond donors (Lipinski definition) is 0. The van der Waals surface area contributed by atoms with Gasteiger partial charge in [0.1, 0.15) is 0 Å². The van der Waals surface area contributed by atoms with Gasteiger partial charge in [0.25, 0.3) is 0 Å². The third-order valence-corrected chi connectivity index (χ3v) is 2.78. The Balaban J connectivity index is 2.55. The Morgan fingerprint density at radius 1 is 1.38 bits per heavy atom. The minimum Gasteiger partial charge on any atom is -0.478 e. The molecule has 0 N–H and O–H groups in total. The highest BCUT2D eigenvalue weighted by Gasteiger charge is 2.10. The summed E-state index contributed by atoms with van der Waals surface area (Å²) < 4.78 is 5.55. The van der Waals surface area contributed by atoms with Crippen molar-refractivity contribution in [3.05, 3.63) is 22.8 Å². The molecule has 0 spiro atoms. The molecule has 0 saturated heterocycles. The van der Waals surface area contributed by atoms with Crippen LogP contribution in [0.1, 0.15) is 32.8 Å². The van der Waals surface area contributed by atoms with E-state index in [0.717, 1.165) is 12.0 Å². The summed E-state index contributed by atoms with van der Waals surface area (Å²) in [6, 6.07) is 1.79. The molecule has 0 aliphatic heterocycles. The Labute approximate surface area is 107 Å².